The van der Waals surface area contributed by atoms with Gasteiger partial charge in [0.2, 0.25) is 0 Å². The largest absolute Gasteiger partial charge is 0.398 e. The van der Waals surface area contributed by atoms with E-state index in [4.69, 9.17) is 5.73 Å². The third kappa shape index (κ3) is 1.13. The van der Waals surface area contributed by atoms with Crippen LogP contribution in [0.25, 0.3) is 10.9 Å². The molecule has 2 rings (SSSR count). The van der Waals surface area contributed by atoms with Crippen LogP contribution in [0.2, 0.25) is 0 Å². The lowest BCUT2D eigenvalue weighted by Gasteiger charge is -2.04. The van der Waals surface area contributed by atoms with E-state index in [0.29, 0.717) is 16.6 Å². The van der Waals surface area contributed by atoms with E-state index >= 15 is 0 Å². The van der Waals surface area contributed by atoms with E-state index in [1.54, 1.807) is 18.3 Å². The van der Waals surface area contributed by atoms with Crippen molar-refractivity contribution in [3.05, 3.63) is 35.8 Å². The van der Waals surface area contributed by atoms with E-state index in [0.717, 1.165) is 5.56 Å². The average Bonchev–Trinajstić information content (AvgIpc) is 2.15. The molecule has 0 radical (unpaired) electrons. The number of anilines is 1. The molecule has 1 heterocycles. The Kier molecular flexibility index (Phi) is 1.65. The van der Waals surface area contributed by atoms with Crippen molar-refractivity contribution in [2.45, 2.75) is 6.92 Å². The first-order chi connectivity index (χ1) is 6.20. The summed E-state index contributed by atoms with van der Waals surface area (Å²) in [4.78, 5) is 4.08. The molecule has 0 aliphatic rings. The highest BCUT2D eigenvalue weighted by atomic mass is 19.1. The van der Waals surface area contributed by atoms with Crippen LogP contribution in [0, 0.1) is 12.7 Å². The van der Waals surface area contributed by atoms with Gasteiger partial charge in [-0.2, -0.15) is 0 Å². The fraction of sp³-hybridized carbons (Fsp3) is 0.100. The summed E-state index contributed by atoms with van der Waals surface area (Å²) < 4.78 is 13.3. The summed E-state index contributed by atoms with van der Waals surface area (Å²) in [7, 11) is 0. The normalized spacial score (nSPS) is 10.6. The van der Waals surface area contributed by atoms with Crippen molar-refractivity contribution < 1.29 is 4.39 Å². The highest BCUT2D eigenvalue weighted by molar-refractivity contribution is 5.86. The minimum atomic E-state index is -0.314. The van der Waals surface area contributed by atoms with Crippen LogP contribution in [-0.2, 0) is 0 Å². The van der Waals surface area contributed by atoms with Crippen LogP contribution in [-0.4, -0.2) is 4.98 Å². The number of hydrogen-bond donors (Lipinski definition) is 1. The smallest absolute Gasteiger partial charge is 0.134 e. The summed E-state index contributed by atoms with van der Waals surface area (Å²) in [5.41, 5.74) is 7.52. The van der Waals surface area contributed by atoms with Crippen LogP contribution in [0.4, 0.5) is 10.1 Å². The molecule has 0 saturated carbocycles. The molecule has 1 aromatic heterocycles. The molecule has 0 bridgehead atoms. The standard InChI is InChI=1S/C10H9FN2/c1-6-9(12)5-8(11)7-3-2-4-13-10(6)7/h2-5H,12H2,1H3. The van der Waals surface area contributed by atoms with Crippen LogP contribution in [0.3, 0.4) is 0 Å². The lowest BCUT2D eigenvalue weighted by Crippen LogP contribution is -1.94. The molecule has 0 spiro atoms. The Morgan fingerprint density at radius 2 is 2.23 bits per heavy atom. The molecular weight excluding hydrogens is 167 g/mol. The number of halogens is 1. The number of fused-ring (bicyclic) bond motifs is 1. The summed E-state index contributed by atoms with van der Waals surface area (Å²) in [6.45, 7) is 1.84. The molecule has 0 aliphatic heterocycles. The van der Waals surface area contributed by atoms with E-state index in [1.165, 1.54) is 6.07 Å². The number of benzene rings is 1. The Bertz CT molecular complexity index is 466. The SMILES string of the molecule is Cc1c(N)cc(F)c2cccnc12. The molecule has 0 saturated heterocycles. The van der Waals surface area contributed by atoms with E-state index in [1.807, 2.05) is 6.92 Å². The molecule has 3 heteroatoms. The molecule has 0 aliphatic carbocycles. The number of nitrogens with zero attached hydrogens (tertiary/aromatic N) is 1. The van der Waals surface area contributed by atoms with Crippen LogP contribution in [0.15, 0.2) is 24.4 Å². The number of nitrogen functional groups attached to an aromatic ring is 1. The van der Waals surface area contributed by atoms with Gasteiger partial charge < -0.3 is 5.73 Å². The molecule has 66 valence electrons. The van der Waals surface area contributed by atoms with E-state index < -0.39 is 0 Å². The number of aromatic nitrogens is 1. The molecule has 0 amide bonds. The maximum atomic E-state index is 13.3. The summed E-state index contributed by atoms with van der Waals surface area (Å²) in [5, 5.41) is 0.522. The molecule has 0 atom stereocenters. The highest BCUT2D eigenvalue weighted by Crippen LogP contribution is 2.23. The fourth-order valence-corrected chi connectivity index (χ4v) is 1.36. The second-order valence-corrected chi connectivity index (χ2v) is 2.97. The van der Waals surface area contributed by atoms with E-state index in [-0.39, 0.29) is 5.82 Å². The Labute approximate surface area is 75.2 Å². The van der Waals surface area contributed by atoms with Gasteiger partial charge in [0.1, 0.15) is 5.82 Å². The van der Waals surface area contributed by atoms with Gasteiger partial charge >= 0.3 is 0 Å². The van der Waals surface area contributed by atoms with Crippen molar-refractivity contribution in [3.8, 4) is 0 Å². The Hall–Kier alpha value is -1.64. The van der Waals surface area contributed by atoms with Crippen LogP contribution >= 0.6 is 0 Å². The summed E-state index contributed by atoms with van der Waals surface area (Å²) in [5.74, 6) is -0.314. The first kappa shape index (κ1) is 7.98. The molecule has 1 aromatic carbocycles. The third-order valence-corrected chi connectivity index (χ3v) is 2.14. The average molecular weight is 176 g/mol. The van der Waals surface area contributed by atoms with Crippen molar-refractivity contribution >= 4 is 16.6 Å². The van der Waals surface area contributed by atoms with Gasteiger partial charge in [-0.05, 0) is 30.7 Å². The number of aryl methyl sites for hydroxylation is 1. The fourth-order valence-electron chi connectivity index (χ4n) is 1.36. The van der Waals surface area contributed by atoms with Crippen molar-refractivity contribution in [1.29, 1.82) is 0 Å². The molecule has 0 fully saturated rings. The van der Waals surface area contributed by atoms with Crippen LogP contribution < -0.4 is 5.73 Å². The zero-order valence-electron chi connectivity index (χ0n) is 7.21. The Balaban J connectivity index is 2.97. The molecule has 0 unspecified atom stereocenters. The summed E-state index contributed by atoms with van der Waals surface area (Å²) in [6, 6.07) is 4.74. The van der Waals surface area contributed by atoms with Gasteiger partial charge in [-0.1, -0.05) is 0 Å². The topological polar surface area (TPSA) is 38.9 Å². The lowest BCUT2D eigenvalue weighted by atomic mass is 10.1. The number of pyridine rings is 1. The third-order valence-electron chi connectivity index (χ3n) is 2.14. The van der Waals surface area contributed by atoms with E-state index in [2.05, 4.69) is 4.98 Å². The monoisotopic (exact) mass is 176 g/mol. The van der Waals surface area contributed by atoms with Gasteiger partial charge in [-0.3, -0.25) is 4.98 Å². The van der Waals surface area contributed by atoms with Gasteiger partial charge in [0.05, 0.1) is 5.52 Å². The number of hydrogen-bond acceptors (Lipinski definition) is 2. The van der Waals surface area contributed by atoms with Gasteiger partial charge in [0, 0.05) is 17.3 Å². The predicted octanol–water partition coefficient (Wildman–Crippen LogP) is 2.26. The molecule has 2 nitrogen and oxygen atoms in total. The zero-order valence-corrected chi connectivity index (χ0v) is 7.21. The molecule has 2 aromatic rings. The zero-order chi connectivity index (χ0) is 9.42. The highest BCUT2D eigenvalue weighted by Gasteiger charge is 2.06. The number of rotatable bonds is 0. The van der Waals surface area contributed by atoms with Crippen molar-refractivity contribution in [3.63, 3.8) is 0 Å². The van der Waals surface area contributed by atoms with Crippen LogP contribution in [0.5, 0.6) is 0 Å². The van der Waals surface area contributed by atoms with Crippen LogP contribution in [0.1, 0.15) is 5.56 Å². The van der Waals surface area contributed by atoms with Crippen molar-refractivity contribution in [2.75, 3.05) is 5.73 Å². The minimum Gasteiger partial charge on any atom is -0.398 e. The first-order valence-corrected chi connectivity index (χ1v) is 3.99. The second-order valence-electron chi connectivity index (χ2n) is 2.97. The minimum absolute atomic E-state index is 0.314. The van der Waals surface area contributed by atoms with Gasteiger partial charge in [0.15, 0.2) is 0 Å². The maximum Gasteiger partial charge on any atom is 0.134 e. The van der Waals surface area contributed by atoms with Gasteiger partial charge in [-0.25, -0.2) is 4.39 Å². The summed E-state index contributed by atoms with van der Waals surface area (Å²) in [6.07, 6.45) is 1.63. The lowest BCUT2D eigenvalue weighted by molar-refractivity contribution is 0.640. The van der Waals surface area contributed by atoms with Crippen molar-refractivity contribution in [2.24, 2.45) is 0 Å². The maximum absolute atomic E-state index is 13.3. The predicted molar refractivity (Wildman–Crippen MR) is 50.9 cm³/mol. The summed E-state index contributed by atoms with van der Waals surface area (Å²) >= 11 is 0. The molecule has 13 heavy (non-hydrogen) atoms. The molecule has 2 N–H and O–H groups in total. The second kappa shape index (κ2) is 2.69. The van der Waals surface area contributed by atoms with Gasteiger partial charge in [0.25, 0.3) is 0 Å². The quantitative estimate of drug-likeness (QED) is 0.625. The Morgan fingerprint density at radius 3 is 3.00 bits per heavy atom. The molecular formula is C10H9FN2. The first-order valence-electron chi connectivity index (χ1n) is 3.99. The number of nitrogens with two attached hydrogens (primary N) is 1. The van der Waals surface area contributed by atoms with Gasteiger partial charge in [-0.15, -0.1) is 0 Å². The van der Waals surface area contributed by atoms with Crippen molar-refractivity contribution in [1.82, 2.24) is 4.98 Å². The Morgan fingerprint density at radius 1 is 1.46 bits per heavy atom. The van der Waals surface area contributed by atoms with E-state index in [9.17, 15) is 4.39 Å².